The number of halogens is 2. The Morgan fingerprint density at radius 3 is 2.89 bits per heavy atom. The minimum atomic E-state index is -0.455. The van der Waals surface area contributed by atoms with Crippen LogP contribution in [0.4, 0.5) is 21.7 Å². The molecule has 18 heavy (non-hydrogen) atoms. The smallest absolute Gasteiger partial charge is 0.154 e. The minimum Gasteiger partial charge on any atom is -0.497 e. The zero-order valence-corrected chi connectivity index (χ0v) is 10.2. The SMILES string of the molecule is COc1ccc(F)c(Nc2ncnc(N)c2Cl)c1. The summed E-state index contributed by atoms with van der Waals surface area (Å²) in [5.74, 6) is 0.412. The highest BCUT2D eigenvalue weighted by Gasteiger charge is 2.10. The van der Waals surface area contributed by atoms with E-state index < -0.39 is 5.82 Å². The lowest BCUT2D eigenvalue weighted by atomic mass is 10.3. The lowest BCUT2D eigenvalue weighted by Gasteiger charge is -2.10. The van der Waals surface area contributed by atoms with Crippen LogP contribution in [0.15, 0.2) is 24.5 Å². The Balaban J connectivity index is 2.36. The van der Waals surface area contributed by atoms with E-state index in [-0.39, 0.29) is 22.3 Å². The third kappa shape index (κ3) is 2.43. The lowest BCUT2D eigenvalue weighted by Crippen LogP contribution is -2.01. The average molecular weight is 269 g/mol. The van der Waals surface area contributed by atoms with E-state index in [9.17, 15) is 4.39 Å². The number of ether oxygens (including phenoxy) is 1. The number of benzene rings is 1. The summed E-state index contributed by atoms with van der Waals surface area (Å²) in [5, 5.41) is 2.88. The van der Waals surface area contributed by atoms with Crippen molar-refractivity contribution in [1.82, 2.24) is 9.97 Å². The van der Waals surface area contributed by atoms with Crippen molar-refractivity contribution in [3.63, 3.8) is 0 Å². The normalized spacial score (nSPS) is 10.2. The van der Waals surface area contributed by atoms with Crippen LogP contribution >= 0.6 is 11.6 Å². The number of methoxy groups -OCH3 is 1. The first-order valence-electron chi connectivity index (χ1n) is 4.98. The van der Waals surface area contributed by atoms with Crippen molar-refractivity contribution in [2.45, 2.75) is 0 Å². The molecule has 1 aromatic carbocycles. The van der Waals surface area contributed by atoms with Crippen molar-refractivity contribution < 1.29 is 9.13 Å². The molecule has 5 nitrogen and oxygen atoms in total. The van der Waals surface area contributed by atoms with Crippen molar-refractivity contribution in [2.75, 3.05) is 18.2 Å². The summed E-state index contributed by atoms with van der Waals surface area (Å²) in [6, 6.07) is 4.28. The van der Waals surface area contributed by atoms with Crippen molar-refractivity contribution in [3.8, 4) is 5.75 Å². The summed E-state index contributed by atoms with van der Waals surface area (Å²) in [7, 11) is 1.49. The molecule has 0 amide bonds. The van der Waals surface area contributed by atoms with Crippen molar-refractivity contribution in [1.29, 1.82) is 0 Å². The highest BCUT2D eigenvalue weighted by atomic mass is 35.5. The maximum absolute atomic E-state index is 13.6. The Bertz CT molecular complexity index is 579. The van der Waals surface area contributed by atoms with Gasteiger partial charge in [0.2, 0.25) is 0 Å². The number of rotatable bonds is 3. The number of nitrogens with zero attached hydrogens (tertiary/aromatic N) is 2. The van der Waals surface area contributed by atoms with Gasteiger partial charge in [-0.05, 0) is 12.1 Å². The standard InChI is InChI=1S/C11H10ClFN4O/c1-18-6-2-3-7(13)8(4-6)17-11-9(12)10(14)15-5-16-11/h2-5H,1H3,(H3,14,15,16,17). The topological polar surface area (TPSA) is 73.1 Å². The number of aromatic nitrogens is 2. The van der Waals surface area contributed by atoms with Crippen LogP contribution in [-0.2, 0) is 0 Å². The van der Waals surface area contributed by atoms with Gasteiger partial charge in [0.25, 0.3) is 0 Å². The van der Waals surface area contributed by atoms with Crippen LogP contribution in [0.1, 0.15) is 0 Å². The third-order valence-electron chi connectivity index (χ3n) is 2.24. The molecule has 7 heteroatoms. The zero-order valence-electron chi connectivity index (χ0n) is 9.45. The van der Waals surface area contributed by atoms with Gasteiger partial charge in [0.15, 0.2) is 5.82 Å². The molecule has 0 saturated heterocycles. The van der Waals surface area contributed by atoms with E-state index in [0.29, 0.717) is 5.75 Å². The minimum absolute atomic E-state index is 0.123. The molecule has 1 heterocycles. The van der Waals surface area contributed by atoms with Crippen LogP contribution in [0.2, 0.25) is 5.02 Å². The second-order valence-electron chi connectivity index (χ2n) is 3.39. The van der Waals surface area contributed by atoms with E-state index in [4.69, 9.17) is 22.1 Å². The molecule has 0 aliphatic carbocycles. The van der Waals surface area contributed by atoms with Gasteiger partial charge in [-0.2, -0.15) is 0 Å². The molecule has 0 radical (unpaired) electrons. The summed E-state index contributed by atoms with van der Waals surface area (Å²) in [5.41, 5.74) is 5.72. The molecule has 0 aliphatic rings. The van der Waals surface area contributed by atoms with Gasteiger partial charge in [-0.15, -0.1) is 0 Å². The summed E-state index contributed by atoms with van der Waals surface area (Å²) < 4.78 is 18.6. The highest BCUT2D eigenvalue weighted by molar-refractivity contribution is 6.35. The van der Waals surface area contributed by atoms with E-state index in [1.807, 2.05) is 0 Å². The highest BCUT2D eigenvalue weighted by Crippen LogP contribution is 2.29. The Labute approximate surface area is 108 Å². The molecule has 2 aromatic rings. The second kappa shape index (κ2) is 5.05. The lowest BCUT2D eigenvalue weighted by molar-refractivity contribution is 0.414. The number of hydrogen-bond donors (Lipinski definition) is 2. The van der Waals surface area contributed by atoms with Gasteiger partial charge >= 0.3 is 0 Å². The molecule has 0 saturated carbocycles. The molecule has 2 rings (SSSR count). The number of nitrogen functional groups attached to an aromatic ring is 1. The van der Waals surface area contributed by atoms with E-state index in [0.717, 1.165) is 0 Å². The van der Waals surface area contributed by atoms with Crippen molar-refractivity contribution in [2.24, 2.45) is 0 Å². The first-order valence-corrected chi connectivity index (χ1v) is 5.36. The van der Waals surface area contributed by atoms with Crippen LogP contribution in [0, 0.1) is 5.82 Å². The van der Waals surface area contributed by atoms with Gasteiger partial charge in [0, 0.05) is 6.07 Å². The van der Waals surface area contributed by atoms with Gasteiger partial charge in [-0.1, -0.05) is 11.6 Å². The largest absolute Gasteiger partial charge is 0.497 e. The van der Waals surface area contributed by atoms with Crippen LogP contribution in [0.3, 0.4) is 0 Å². The fourth-order valence-electron chi connectivity index (χ4n) is 1.33. The number of nitrogens with one attached hydrogen (secondary N) is 1. The molecule has 0 bridgehead atoms. The summed E-state index contributed by atoms with van der Waals surface area (Å²) in [6.45, 7) is 0. The number of hydrogen-bond acceptors (Lipinski definition) is 5. The molecular formula is C11H10ClFN4O. The van der Waals surface area contributed by atoms with E-state index in [1.165, 1.54) is 31.6 Å². The Morgan fingerprint density at radius 1 is 1.39 bits per heavy atom. The summed E-state index contributed by atoms with van der Waals surface area (Å²) in [6.07, 6.45) is 1.24. The molecule has 0 aliphatic heterocycles. The first-order chi connectivity index (χ1) is 8.61. The molecule has 0 unspecified atom stereocenters. The van der Waals surface area contributed by atoms with Crippen LogP contribution in [-0.4, -0.2) is 17.1 Å². The molecular weight excluding hydrogens is 259 g/mol. The van der Waals surface area contributed by atoms with Crippen molar-refractivity contribution in [3.05, 3.63) is 35.4 Å². The van der Waals surface area contributed by atoms with Gasteiger partial charge in [0.05, 0.1) is 12.8 Å². The molecule has 0 spiro atoms. The van der Waals surface area contributed by atoms with Crippen molar-refractivity contribution >= 4 is 28.9 Å². The fraction of sp³-hybridized carbons (Fsp3) is 0.0909. The number of nitrogens with two attached hydrogens (primary N) is 1. The Kier molecular flexibility index (Phi) is 3.47. The van der Waals surface area contributed by atoms with Crippen LogP contribution in [0.25, 0.3) is 0 Å². The van der Waals surface area contributed by atoms with Gasteiger partial charge < -0.3 is 15.8 Å². The predicted molar refractivity (Wildman–Crippen MR) is 67.7 cm³/mol. The fourth-order valence-corrected chi connectivity index (χ4v) is 1.47. The molecule has 0 atom stereocenters. The first kappa shape index (κ1) is 12.4. The van der Waals surface area contributed by atoms with Crippen LogP contribution in [0.5, 0.6) is 5.75 Å². The number of anilines is 3. The molecule has 1 aromatic heterocycles. The van der Waals surface area contributed by atoms with E-state index in [1.54, 1.807) is 0 Å². The molecule has 94 valence electrons. The monoisotopic (exact) mass is 268 g/mol. The van der Waals surface area contributed by atoms with Gasteiger partial charge in [-0.25, -0.2) is 14.4 Å². The molecule has 3 N–H and O–H groups in total. The summed E-state index contributed by atoms with van der Waals surface area (Å²) in [4.78, 5) is 7.60. The third-order valence-corrected chi connectivity index (χ3v) is 2.62. The van der Waals surface area contributed by atoms with Gasteiger partial charge in [-0.3, -0.25) is 0 Å². The van der Waals surface area contributed by atoms with E-state index >= 15 is 0 Å². The quantitative estimate of drug-likeness (QED) is 0.895. The zero-order chi connectivity index (χ0) is 13.1. The predicted octanol–water partition coefficient (Wildman–Crippen LogP) is 2.60. The Hall–Kier alpha value is -2.08. The maximum Gasteiger partial charge on any atom is 0.154 e. The average Bonchev–Trinajstić information content (AvgIpc) is 2.37. The van der Waals surface area contributed by atoms with Gasteiger partial charge in [0.1, 0.15) is 28.7 Å². The maximum atomic E-state index is 13.6. The second-order valence-corrected chi connectivity index (χ2v) is 3.77. The Morgan fingerprint density at radius 2 is 2.17 bits per heavy atom. The van der Waals surface area contributed by atoms with E-state index in [2.05, 4.69) is 15.3 Å². The van der Waals surface area contributed by atoms with Crippen LogP contribution < -0.4 is 15.8 Å². The molecule has 0 fully saturated rings. The summed E-state index contributed by atoms with van der Waals surface area (Å²) >= 11 is 5.90.